The van der Waals surface area contributed by atoms with E-state index in [4.69, 9.17) is 10.5 Å². The fourth-order valence-electron chi connectivity index (χ4n) is 4.31. The molecule has 4 heterocycles. The van der Waals surface area contributed by atoms with Crippen LogP contribution in [0.5, 0.6) is 0 Å². The molecule has 5 rings (SSSR count). The maximum absolute atomic E-state index is 13.2. The Kier molecular flexibility index (Phi) is 5.20. The Labute approximate surface area is 184 Å². The summed E-state index contributed by atoms with van der Waals surface area (Å²) >= 11 is 0. The van der Waals surface area contributed by atoms with Gasteiger partial charge in [-0.2, -0.15) is 4.68 Å². The number of H-pyrrole nitrogens is 1. The molecule has 0 unspecified atom stereocenters. The number of anilines is 1. The normalized spacial score (nSPS) is 16.1. The molecule has 9 nitrogen and oxygen atoms in total. The Bertz CT molecular complexity index is 1340. The zero-order valence-corrected chi connectivity index (χ0v) is 17.8. The second kappa shape index (κ2) is 8.18. The van der Waals surface area contributed by atoms with E-state index in [0.717, 1.165) is 29.7 Å². The van der Waals surface area contributed by atoms with Crippen LogP contribution in [0.4, 0.5) is 5.95 Å². The molecule has 1 aromatic carbocycles. The number of pyridine rings is 1. The van der Waals surface area contributed by atoms with Crippen molar-refractivity contribution in [2.24, 2.45) is 0 Å². The van der Waals surface area contributed by atoms with Crippen molar-refractivity contribution in [3.8, 4) is 22.4 Å². The minimum absolute atomic E-state index is 0.0169. The molecule has 4 N–H and O–H groups in total. The van der Waals surface area contributed by atoms with Gasteiger partial charge in [0, 0.05) is 17.9 Å². The van der Waals surface area contributed by atoms with Gasteiger partial charge in [0.15, 0.2) is 0 Å². The van der Waals surface area contributed by atoms with Crippen molar-refractivity contribution in [3.63, 3.8) is 0 Å². The summed E-state index contributed by atoms with van der Waals surface area (Å²) in [6.07, 6.45) is 1.88. The first-order valence-corrected chi connectivity index (χ1v) is 10.6. The summed E-state index contributed by atoms with van der Waals surface area (Å²) in [4.78, 5) is 22.2. The van der Waals surface area contributed by atoms with Crippen molar-refractivity contribution in [3.05, 3.63) is 64.3 Å². The standard InChI is InChI=1S/C23H24N6O3/c1-14-10-16(11-17(13-30)25-14)19-20(15-6-3-2-4-7-15)26-22(24)29-21(19)27-28(23(29)31)12-18-8-5-9-32-18/h2-4,6-7,10-11,18,30H,5,8-9,12-13H2,1H3,(H2,24,25,26,27)/p+1/t18-/m0/s1. The summed E-state index contributed by atoms with van der Waals surface area (Å²) in [6, 6.07) is 13.4. The fourth-order valence-corrected chi connectivity index (χ4v) is 4.31. The van der Waals surface area contributed by atoms with Gasteiger partial charge in [-0.3, -0.25) is 4.98 Å². The number of fused-ring (bicyclic) bond motifs is 1. The van der Waals surface area contributed by atoms with E-state index in [9.17, 15) is 9.90 Å². The number of aliphatic hydroxyl groups excluding tert-OH is 1. The second-order valence-corrected chi connectivity index (χ2v) is 8.03. The van der Waals surface area contributed by atoms with E-state index >= 15 is 0 Å². The van der Waals surface area contributed by atoms with Gasteiger partial charge in [0.05, 0.1) is 24.0 Å². The highest BCUT2D eigenvalue weighted by atomic mass is 16.5. The first kappa shape index (κ1) is 20.3. The lowest BCUT2D eigenvalue weighted by Gasteiger charge is -2.10. The lowest BCUT2D eigenvalue weighted by atomic mass is 9.99. The van der Waals surface area contributed by atoms with Crippen LogP contribution in [0.25, 0.3) is 28.0 Å². The topological polar surface area (TPSA) is 123 Å². The van der Waals surface area contributed by atoms with Gasteiger partial charge in [0.25, 0.3) is 0 Å². The molecule has 1 aliphatic heterocycles. The van der Waals surface area contributed by atoms with Crippen molar-refractivity contribution in [2.75, 3.05) is 12.3 Å². The van der Waals surface area contributed by atoms with Crippen LogP contribution >= 0.6 is 0 Å². The molecule has 0 bridgehead atoms. The van der Waals surface area contributed by atoms with Gasteiger partial charge in [0.1, 0.15) is 12.2 Å². The Balaban J connectivity index is 1.81. The second-order valence-electron chi connectivity index (χ2n) is 8.03. The molecule has 3 aromatic heterocycles. The Hall–Kier alpha value is -3.56. The van der Waals surface area contributed by atoms with E-state index in [0.29, 0.717) is 35.8 Å². The number of nitrogens with one attached hydrogen (secondary N) is 1. The molecule has 0 radical (unpaired) electrons. The monoisotopic (exact) mass is 433 g/mol. The lowest BCUT2D eigenvalue weighted by molar-refractivity contribution is -0.516. The van der Waals surface area contributed by atoms with E-state index in [1.807, 2.05) is 49.4 Å². The van der Waals surface area contributed by atoms with Crippen LogP contribution in [0.15, 0.2) is 47.3 Å². The molecular weight excluding hydrogens is 408 g/mol. The molecule has 1 fully saturated rings. The predicted molar refractivity (Wildman–Crippen MR) is 119 cm³/mol. The summed E-state index contributed by atoms with van der Waals surface area (Å²) in [5.74, 6) is 0.100. The maximum atomic E-state index is 13.2. The Morgan fingerprint density at radius 1 is 1.25 bits per heavy atom. The number of nitrogens with zero attached hydrogens (tertiary/aromatic N) is 4. The molecule has 0 saturated carbocycles. The molecule has 0 amide bonds. The zero-order valence-electron chi connectivity index (χ0n) is 17.8. The molecular formula is C23H25N6O3+. The maximum Gasteiger partial charge on any atom is 0.428 e. The van der Waals surface area contributed by atoms with E-state index < -0.39 is 0 Å². The van der Waals surface area contributed by atoms with Crippen LogP contribution in [0.3, 0.4) is 0 Å². The van der Waals surface area contributed by atoms with Crippen LogP contribution in [0.1, 0.15) is 24.2 Å². The number of aromatic amines is 1. The van der Waals surface area contributed by atoms with Crippen molar-refractivity contribution in [2.45, 2.75) is 39.0 Å². The third-order valence-corrected chi connectivity index (χ3v) is 5.73. The minimum atomic E-state index is -0.297. The van der Waals surface area contributed by atoms with Crippen LogP contribution in [0, 0.1) is 6.92 Å². The van der Waals surface area contributed by atoms with Gasteiger partial charge in [-0.25, -0.2) is 9.89 Å². The van der Waals surface area contributed by atoms with E-state index in [1.54, 1.807) is 0 Å². The van der Waals surface area contributed by atoms with Gasteiger partial charge < -0.3 is 15.6 Å². The SMILES string of the molecule is Cc1cc(-c2c(-c3ccccc3)nc(N)[n+]3c(=O)n(C[C@@H]4CCCO4)[nH]c23)cc(CO)n1. The number of aromatic nitrogens is 5. The molecule has 0 spiro atoms. The average Bonchev–Trinajstić information content (AvgIpc) is 3.42. The van der Waals surface area contributed by atoms with Crippen LogP contribution in [-0.4, -0.2) is 37.6 Å². The molecule has 4 aromatic rings. The number of hydrogen-bond donors (Lipinski definition) is 3. The number of nitrogen functional groups attached to an aromatic ring is 1. The molecule has 9 heteroatoms. The van der Waals surface area contributed by atoms with Crippen molar-refractivity contribution < 1.29 is 14.2 Å². The minimum Gasteiger partial charge on any atom is -0.390 e. The van der Waals surface area contributed by atoms with Crippen LogP contribution in [0.2, 0.25) is 0 Å². The summed E-state index contributed by atoms with van der Waals surface area (Å²) < 4.78 is 8.64. The summed E-state index contributed by atoms with van der Waals surface area (Å²) in [7, 11) is 0. The molecule has 1 atom stereocenters. The van der Waals surface area contributed by atoms with Gasteiger partial charge >= 0.3 is 11.6 Å². The Morgan fingerprint density at radius 2 is 2.06 bits per heavy atom. The Morgan fingerprint density at radius 3 is 2.78 bits per heavy atom. The fraction of sp³-hybridized carbons (Fsp3) is 0.304. The third kappa shape index (κ3) is 3.55. The van der Waals surface area contributed by atoms with Crippen molar-refractivity contribution in [1.82, 2.24) is 19.7 Å². The first-order chi connectivity index (χ1) is 15.5. The molecule has 1 saturated heterocycles. The molecule has 32 heavy (non-hydrogen) atoms. The van der Waals surface area contributed by atoms with Crippen LogP contribution < -0.4 is 15.8 Å². The quantitative estimate of drug-likeness (QED) is 0.411. The smallest absolute Gasteiger partial charge is 0.390 e. The average molecular weight is 433 g/mol. The number of ether oxygens (including phenoxy) is 1. The van der Waals surface area contributed by atoms with Crippen molar-refractivity contribution in [1.29, 1.82) is 0 Å². The highest BCUT2D eigenvalue weighted by molar-refractivity contribution is 5.88. The first-order valence-electron chi connectivity index (χ1n) is 10.6. The van der Waals surface area contributed by atoms with Gasteiger partial charge in [-0.1, -0.05) is 30.3 Å². The van der Waals surface area contributed by atoms with Gasteiger partial charge in [-0.05, 0) is 37.5 Å². The summed E-state index contributed by atoms with van der Waals surface area (Å²) in [5.41, 5.74) is 10.8. The predicted octanol–water partition coefficient (Wildman–Crippen LogP) is 1.60. The van der Waals surface area contributed by atoms with Gasteiger partial charge in [-0.15, -0.1) is 9.38 Å². The highest BCUT2D eigenvalue weighted by Gasteiger charge is 2.28. The summed E-state index contributed by atoms with van der Waals surface area (Å²) in [6.45, 7) is 2.80. The number of aryl methyl sites for hydroxylation is 1. The number of rotatable bonds is 5. The molecule has 0 aliphatic carbocycles. The highest BCUT2D eigenvalue weighted by Crippen LogP contribution is 2.33. The van der Waals surface area contributed by atoms with Gasteiger partial charge in [0.2, 0.25) is 5.65 Å². The lowest BCUT2D eigenvalue weighted by Crippen LogP contribution is -2.45. The third-order valence-electron chi connectivity index (χ3n) is 5.73. The van der Waals surface area contributed by atoms with E-state index in [1.165, 1.54) is 9.08 Å². The summed E-state index contributed by atoms with van der Waals surface area (Å²) in [5, 5.41) is 13.0. The number of aliphatic hydroxyl groups is 1. The molecule has 1 aliphatic rings. The number of benzene rings is 1. The largest absolute Gasteiger partial charge is 0.428 e. The zero-order chi connectivity index (χ0) is 22.2. The number of nitrogens with two attached hydrogens (primary N) is 1. The van der Waals surface area contributed by atoms with Crippen molar-refractivity contribution >= 4 is 11.6 Å². The van der Waals surface area contributed by atoms with E-state index in [2.05, 4.69) is 15.1 Å². The number of hydrogen-bond acceptors (Lipinski definition) is 6. The van der Waals surface area contributed by atoms with Crippen LogP contribution in [-0.2, 0) is 17.9 Å². The molecule has 164 valence electrons. The van der Waals surface area contributed by atoms with E-state index in [-0.39, 0.29) is 24.3 Å².